The molecule has 34 heavy (non-hydrogen) atoms. The van der Waals surface area contributed by atoms with Gasteiger partial charge in [0.25, 0.3) is 0 Å². The van der Waals surface area contributed by atoms with Crippen LogP contribution in [0.5, 0.6) is 0 Å². The molecule has 2 aromatic carbocycles. The van der Waals surface area contributed by atoms with E-state index >= 15 is 0 Å². The molecule has 0 radical (unpaired) electrons. The van der Waals surface area contributed by atoms with Crippen molar-refractivity contribution >= 4 is 40.0 Å². The number of hydrogen-bond acceptors (Lipinski definition) is 7. The van der Waals surface area contributed by atoms with Crippen LogP contribution in [0.25, 0.3) is 22.4 Å². The maximum atomic E-state index is 12.7. The Hall–Kier alpha value is -3.49. The lowest BCUT2D eigenvalue weighted by Crippen LogP contribution is -2.16. The van der Waals surface area contributed by atoms with Gasteiger partial charge >= 0.3 is 5.97 Å². The van der Waals surface area contributed by atoms with Crippen molar-refractivity contribution in [2.24, 2.45) is 0 Å². The molecule has 0 spiro atoms. The Morgan fingerprint density at radius 2 is 1.79 bits per heavy atom. The first-order chi connectivity index (χ1) is 16.5. The third-order valence-electron chi connectivity index (χ3n) is 4.95. The molecule has 6 nitrogen and oxygen atoms in total. The number of ether oxygens (including phenoxy) is 1. The fraction of sp³-hybridized carbons (Fsp3) is 0.154. The molecule has 172 valence electrons. The first-order valence-electron chi connectivity index (χ1n) is 10.7. The van der Waals surface area contributed by atoms with E-state index in [9.17, 15) is 9.59 Å². The largest absolute Gasteiger partial charge is 0.462 e. The molecule has 4 aromatic rings. The summed E-state index contributed by atoms with van der Waals surface area (Å²) in [6.45, 7) is 4.02. The second kappa shape index (κ2) is 11.1. The summed E-state index contributed by atoms with van der Waals surface area (Å²) in [5.74, 6) is -0.538. The molecule has 1 N–H and O–H groups in total. The van der Waals surface area contributed by atoms with Gasteiger partial charge in [-0.15, -0.1) is 11.3 Å². The lowest BCUT2D eigenvalue weighted by atomic mass is 10.0. The Labute approximate surface area is 206 Å². The molecule has 0 bridgehead atoms. The number of rotatable bonds is 8. The minimum Gasteiger partial charge on any atom is -0.462 e. The average Bonchev–Trinajstić information content (AvgIpc) is 3.27. The molecule has 0 aliphatic carbocycles. The standard InChI is InChI=1S/C26H23N3O3S2/c1-3-32-26(31)24-20(18-11-9-17(2)10-12-18)14-34-25(24)29-22(30)15-33-23-13-21(27-16-28-23)19-7-5-4-6-8-19/h4-14,16H,3,15H2,1-2H3,(H,29,30). The topological polar surface area (TPSA) is 81.2 Å². The normalized spacial score (nSPS) is 10.6. The number of thioether (sulfide) groups is 1. The summed E-state index contributed by atoms with van der Waals surface area (Å²) in [4.78, 5) is 34.1. The van der Waals surface area contributed by atoms with Crippen LogP contribution in [0.4, 0.5) is 5.00 Å². The molecule has 0 atom stereocenters. The predicted octanol–water partition coefficient (Wildman–Crippen LogP) is 6.09. The van der Waals surface area contributed by atoms with E-state index in [-0.39, 0.29) is 18.3 Å². The zero-order chi connectivity index (χ0) is 23.9. The molecule has 0 aliphatic rings. The van der Waals surface area contributed by atoms with Crippen LogP contribution in [0.2, 0.25) is 0 Å². The molecule has 2 heterocycles. The number of benzene rings is 2. The Kier molecular flexibility index (Phi) is 7.72. The molecule has 0 aliphatic heterocycles. The molecule has 0 fully saturated rings. The fourth-order valence-electron chi connectivity index (χ4n) is 3.29. The molecule has 2 aromatic heterocycles. The smallest absolute Gasteiger partial charge is 0.341 e. The Morgan fingerprint density at radius 3 is 2.53 bits per heavy atom. The van der Waals surface area contributed by atoms with E-state index in [1.165, 1.54) is 29.4 Å². The van der Waals surface area contributed by atoms with Gasteiger partial charge in [-0.1, -0.05) is 71.9 Å². The molecule has 4 rings (SSSR count). The first kappa shape index (κ1) is 23.7. The Morgan fingerprint density at radius 1 is 1.03 bits per heavy atom. The predicted molar refractivity (Wildman–Crippen MR) is 137 cm³/mol. The number of aryl methyl sites for hydroxylation is 1. The summed E-state index contributed by atoms with van der Waals surface area (Å²) in [5.41, 5.74) is 4.93. The molecule has 0 saturated heterocycles. The summed E-state index contributed by atoms with van der Waals surface area (Å²) in [7, 11) is 0. The number of carbonyl (C=O) groups is 2. The van der Waals surface area contributed by atoms with Crippen LogP contribution in [-0.2, 0) is 9.53 Å². The quantitative estimate of drug-likeness (QED) is 0.183. The number of aromatic nitrogens is 2. The van der Waals surface area contributed by atoms with E-state index < -0.39 is 5.97 Å². The highest BCUT2D eigenvalue weighted by Gasteiger charge is 2.23. The van der Waals surface area contributed by atoms with Crippen LogP contribution >= 0.6 is 23.1 Å². The number of nitrogens with zero attached hydrogens (tertiary/aromatic N) is 2. The van der Waals surface area contributed by atoms with E-state index in [1.807, 2.05) is 73.0 Å². The highest BCUT2D eigenvalue weighted by Crippen LogP contribution is 2.36. The number of nitrogens with one attached hydrogen (secondary N) is 1. The number of carbonyl (C=O) groups excluding carboxylic acids is 2. The average molecular weight is 490 g/mol. The first-order valence-corrected chi connectivity index (χ1v) is 12.6. The second-order valence-corrected chi connectivity index (χ2v) is 9.26. The summed E-state index contributed by atoms with van der Waals surface area (Å²) < 4.78 is 5.27. The van der Waals surface area contributed by atoms with Gasteiger partial charge in [0.1, 0.15) is 21.9 Å². The van der Waals surface area contributed by atoms with Gasteiger partial charge in [0.05, 0.1) is 18.1 Å². The van der Waals surface area contributed by atoms with Gasteiger partial charge in [-0.3, -0.25) is 4.79 Å². The van der Waals surface area contributed by atoms with Gasteiger partial charge in [-0.05, 0) is 25.5 Å². The Balaban J connectivity index is 1.49. The van der Waals surface area contributed by atoms with Gasteiger partial charge in [-0.2, -0.15) is 0 Å². The van der Waals surface area contributed by atoms with Crippen molar-refractivity contribution in [1.29, 1.82) is 0 Å². The molecular formula is C26H23N3O3S2. The van der Waals surface area contributed by atoms with Gasteiger partial charge in [0.15, 0.2) is 0 Å². The second-order valence-electron chi connectivity index (χ2n) is 7.38. The highest BCUT2D eigenvalue weighted by atomic mass is 32.2. The number of anilines is 1. The van der Waals surface area contributed by atoms with Crippen LogP contribution in [-0.4, -0.2) is 34.2 Å². The zero-order valence-electron chi connectivity index (χ0n) is 18.8. The van der Waals surface area contributed by atoms with Gasteiger partial charge in [-0.25, -0.2) is 14.8 Å². The molecule has 8 heteroatoms. The fourth-order valence-corrected chi connectivity index (χ4v) is 4.93. The van der Waals surface area contributed by atoms with Gasteiger partial charge < -0.3 is 10.1 Å². The van der Waals surface area contributed by atoms with Crippen molar-refractivity contribution < 1.29 is 14.3 Å². The lowest BCUT2D eigenvalue weighted by Gasteiger charge is -2.09. The van der Waals surface area contributed by atoms with E-state index in [0.29, 0.717) is 15.6 Å². The van der Waals surface area contributed by atoms with Crippen molar-refractivity contribution in [1.82, 2.24) is 9.97 Å². The van der Waals surface area contributed by atoms with E-state index in [0.717, 1.165) is 27.9 Å². The lowest BCUT2D eigenvalue weighted by molar-refractivity contribution is -0.113. The number of amides is 1. The van der Waals surface area contributed by atoms with Crippen molar-refractivity contribution in [3.8, 4) is 22.4 Å². The minimum absolute atomic E-state index is 0.144. The molecular weight excluding hydrogens is 466 g/mol. The minimum atomic E-state index is -0.453. The van der Waals surface area contributed by atoms with Crippen LogP contribution in [0.1, 0.15) is 22.8 Å². The van der Waals surface area contributed by atoms with Gasteiger partial charge in [0.2, 0.25) is 5.91 Å². The summed E-state index contributed by atoms with van der Waals surface area (Å²) in [6.07, 6.45) is 1.49. The van der Waals surface area contributed by atoms with E-state index in [4.69, 9.17) is 4.74 Å². The third-order valence-corrected chi connectivity index (χ3v) is 6.77. The number of esters is 1. The van der Waals surface area contributed by atoms with Crippen LogP contribution in [0.15, 0.2) is 77.4 Å². The molecule has 1 amide bonds. The summed E-state index contributed by atoms with van der Waals surface area (Å²) >= 11 is 2.62. The van der Waals surface area contributed by atoms with Crippen LogP contribution in [0.3, 0.4) is 0 Å². The molecule has 0 unspecified atom stereocenters. The number of thiophene rings is 1. The third kappa shape index (κ3) is 5.70. The van der Waals surface area contributed by atoms with Crippen molar-refractivity contribution in [2.75, 3.05) is 17.7 Å². The maximum Gasteiger partial charge on any atom is 0.341 e. The zero-order valence-corrected chi connectivity index (χ0v) is 20.4. The van der Waals surface area contributed by atoms with Crippen molar-refractivity contribution in [3.63, 3.8) is 0 Å². The van der Waals surface area contributed by atoms with Crippen molar-refractivity contribution in [2.45, 2.75) is 18.9 Å². The van der Waals surface area contributed by atoms with Crippen molar-refractivity contribution in [3.05, 3.63) is 83.5 Å². The molecule has 0 saturated carbocycles. The SMILES string of the molecule is CCOC(=O)c1c(-c2ccc(C)cc2)csc1NC(=O)CSc1cc(-c2ccccc2)ncn1. The highest BCUT2D eigenvalue weighted by molar-refractivity contribution is 7.99. The van der Waals surface area contributed by atoms with Crippen LogP contribution in [0, 0.1) is 6.92 Å². The monoisotopic (exact) mass is 489 g/mol. The number of hydrogen-bond donors (Lipinski definition) is 1. The summed E-state index contributed by atoms with van der Waals surface area (Å²) in [5, 5.41) is 5.93. The Bertz CT molecular complexity index is 1290. The summed E-state index contributed by atoms with van der Waals surface area (Å²) in [6, 6.07) is 19.6. The van der Waals surface area contributed by atoms with E-state index in [1.54, 1.807) is 6.92 Å². The van der Waals surface area contributed by atoms with E-state index in [2.05, 4.69) is 15.3 Å². The van der Waals surface area contributed by atoms with Crippen LogP contribution < -0.4 is 5.32 Å². The maximum absolute atomic E-state index is 12.7. The van der Waals surface area contributed by atoms with Gasteiger partial charge in [0, 0.05) is 16.5 Å².